The van der Waals surface area contributed by atoms with Gasteiger partial charge in [0.25, 0.3) is 0 Å². The van der Waals surface area contributed by atoms with Gasteiger partial charge in [0.1, 0.15) is 0 Å². The third kappa shape index (κ3) is 4.68. The van der Waals surface area contributed by atoms with E-state index in [1.807, 2.05) is 6.92 Å². The van der Waals surface area contributed by atoms with Crippen LogP contribution < -0.4 is 16.8 Å². The predicted molar refractivity (Wildman–Crippen MR) is 45.1 cm³/mol. The van der Waals surface area contributed by atoms with Gasteiger partial charge < -0.3 is 16.8 Å². The molecular formula is C7H15N3O2. The Bertz CT molecular complexity index is 170. The van der Waals surface area contributed by atoms with Crippen molar-refractivity contribution < 1.29 is 9.59 Å². The molecule has 0 spiro atoms. The van der Waals surface area contributed by atoms with Gasteiger partial charge in [0.15, 0.2) is 0 Å². The first-order valence-corrected chi connectivity index (χ1v) is 3.89. The Morgan fingerprint density at radius 3 is 2.33 bits per heavy atom. The Hall–Kier alpha value is -1.10. The Kier molecular flexibility index (Phi) is 5.03. The summed E-state index contributed by atoms with van der Waals surface area (Å²) in [6.07, 6.45) is 0.845. The third-order valence-electron chi connectivity index (χ3n) is 1.39. The predicted octanol–water partition coefficient (Wildman–Crippen LogP) is -1.28. The highest BCUT2D eigenvalue weighted by atomic mass is 16.2. The van der Waals surface area contributed by atoms with Crippen LogP contribution in [0.3, 0.4) is 0 Å². The maximum Gasteiger partial charge on any atom is 0.235 e. The number of carbonyl (C=O) groups is 2. The average Bonchev–Trinajstić information content (AvgIpc) is 1.96. The summed E-state index contributed by atoms with van der Waals surface area (Å²) in [5, 5.41) is 2.82. The molecule has 0 aromatic rings. The smallest absolute Gasteiger partial charge is 0.235 e. The fraction of sp³-hybridized carbons (Fsp3) is 0.714. The highest BCUT2D eigenvalue weighted by Crippen LogP contribution is 1.89. The summed E-state index contributed by atoms with van der Waals surface area (Å²) in [6.45, 7) is 2.61. The molecule has 0 aliphatic rings. The normalized spacial score (nSPS) is 12.4. The molecule has 2 amide bonds. The van der Waals surface area contributed by atoms with Gasteiger partial charge in [-0.05, 0) is 13.0 Å². The summed E-state index contributed by atoms with van der Waals surface area (Å²) < 4.78 is 0. The van der Waals surface area contributed by atoms with Crippen LogP contribution in [0.1, 0.15) is 19.8 Å². The molecule has 0 bridgehead atoms. The van der Waals surface area contributed by atoms with E-state index < -0.39 is 17.9 Å². The zero-order valence-corrected chi connectivity index (χ0v) is 7.17. The maximum absolute atomic E-state index is 10.7. The lowest BCUT2D eigenvalue weighted by Crippen LogP contribution is -2.44. The topological polar surface area (TPSA) is 98.2 Å². The standard InChI is InChI=1S/C7H15N3O2/c1-2-3-10-5(7(9)12)4-6(8)11/h5,10H,2-4H2,1H3,(H2,8,11)(H2,9,12). The molecule has 0 fully saturated rings. The van der Waals surface area contributed by atoms with Gasteiger partial charge in [-0.2, -0.15) is 0 Å². The molecule has 70 valence electrons. The molecular weight excluding hydrogens is 158 g/mol. The van der Waals surface area contributed by atoms with E-state index in [2.05, 4.69) is 5.32 Å². The average molecular weight is 173 g/mol. The van der Waals surface area contributed by atoms with Gasteiger partial charge in [0.05, 0.1) is 12.5 Å². The van der Waals surface area contributed by atoms with Gasteiger partial charge in [-0.1, -0.05) is 6.92 Å². The molecule has 5 heteroatoms. The van der Waals surface area contributed by atoms with Crippen molar-refractivity contribution in [1.29, 1.82) is 0 Å². The van der Waals surface area contributed by atoms with E-state index in [0.717, 1.165) is 6.42 Å². The van der Waals surface area contributed by atoms with Crippen molar-refractivity contribution in [2.45, 2.75) is 25.8 Å². The van der Waals surface area contributed by atoms with E-state index in [9.17, 15) is 9.59 Å². The SMILES string of the molecule is CCCNC(CC(N)=O)C(N)=O. The van der Waals surface area contributed by atoms with Crippen molar-refractivity contribution in [3.05, 3.63) is 0 Å². The van der Waals surface area contributed by atoms with Crippen LogP contribution in [-0.4, -0.2) is 24.4 Å². The second-order valence-corrected chi connectivity index (χ2v) is 2.58. The van der Waals surface area contributed by atoms with E-state index in [0.29, 0.717) is 6.54 Å². The van der Waals surface area contributed by atoms with Gasteiger partial charge in [0.2, 0.25) is 11.8 Å². The first kappa shape index (κ1) is 10.9. The lowest BCUT2D eigenvalue weighted by Gasteiger charge is -2.12. The quantitative estimate of drug-likeness (QED) is 0.466. The van der Waals surface area contributed by atoms with Crippen LogP contribution in [0.15, 0.2) is 0 Å². The number of amides is 2. The van der Waals surface area contributed by atoms with Crippen molar-refractivity contribution in [1.82, 2.24) is 5.32 Å². The van der Waals surface area contributed by atoms with Gasteiger partial charge in [-0.25, -0.2) is 0 Å². The molecule has 0 rings (SSSR count). The molecule has 5 N–H and O–H groups in total. The van der Waals surface area contributed by atoms with E-state index in [-0.39, 0.29) is 6.42 Å². The minimum Gasteiger partial charge on any atom is -0.370 e. The number of primary amides is 2. The molecule has 1 unspecified atom stereocenters. The van der Waals surface area contributed by atoms with Crippen LogP contribution in [0, 0.1) is 0 Å². The largest absolute Gasteiger partial charge is 0.370 e. The molecule has 0 aromatic heterocycles. The molecule has 0 radical (unpaired) electrons. The zero-order chi connectivity index (χ0) is 9.56. The number of hydrogen-bond acceptors (Lipinski definition) is 3. The van der Waals surface area contributed by atoms with Crippen LogP contribution in [0.4, 0.5) is 0 Å². The van der Waals surface area contributed by atoms with Crippen LogP contribution in [0.25, 0.3) is 0 Å². The minimum absolute atomic E-state index is 0.0324. The Labute approximate surface area is 71.5 Å². The number of rotatable bonds is 6. The Balaban J connectivity index is 3.87. The summed E-state index contributed by atoms with van der Waals surface area (Å²) >= 11 is 0. The highest BCUT2D eigenvalue weighted by Gasteiger charge is 2.16. The zero-order valence-electron chi connectivity index (χ0n) is 7.17. The maximum atomic E-state index is 10.7. The summed E-state index contributed by atoms with van der Waals surface area (Å²) in [5.74, 6) is -1.07. The first-order valence-electron chi connectivity index (χ1n) is 3.89. The Morgan fingerprint density at radius 2 is 2.00 bits per heavy atom. The van der Waals surface area contributed by atoms with Crippen LogP contribution in [0.2, 0.25) is 0 Å². The van der Waals surface area contributed by atoms with Crippen molar-refractivity contribution in [2.24, 2.45) is 11.5 Å². The summed E-state index contributed by atoms with van der Waals surface area (Å²) in [4.78, 5) is 21.1. The van der Waals surface area contributed by atoms with E-state index in [4.69, 9.17) is 11.5 Å². The fourth-order valence-corrected chi connectivity index (χ4v) is 0.793. The van der Waals surface area contributed by atoms with Gasteiger partial charge in [0, 0.05) is 0 Å². The Morgan fingerprint density at radius 1 is 1.42 bits per heavy atom. The summed E-state index contributed by atoms with van der Waals surface area (Å²) in [7, 11) is 0. The van der Waals surface area contributed by atoms with Gasteiger partial charge in [-0.15, -0.1) is 0 Å². The molecule has 0 aromatic carbocycles. The number of carbonyl (C=O) groups excluding carboxylic acids is 2. The molecule has 0 heterocycles. The van der Waals surface area contributed by atoms with Gasteiger partial charge in [-0.3, -0.25) is 9.59 Å². The van der Waals surface area contributed by atoms with Crippen LogP contribution in [0.5, 0.6) is 0 Å². The van der Waals surface area contributed by atoms with E-state index >= 15 is 0 Å². The fourth-order valence-electron chi connectivity index (χ4n) is 0.793. The molecule has 1 atom stereocenters. The summed E-state index contributed by atoms with van der Waals surface area (Å²) in [6, 6.07) is -0.623. The van der Waals surface area contributed by atoms with Crippen molar-refractivity contribution in [2.75, 3.05) is 6.54 Å². The molecule has 0 saturated carbocycles. The van der Waals surface area contributed by atoms with Crippen molar-refractivity contribution in [3.63, 3.8) is 0 Å². The molecule has 0 saturated heterocycles. The third-order valence-corrected chi connectivity index (χ3v) is 1.39. The second kappa shape index (κ2) is 5.54. The molecule has 5 nitrogen and oxygen atoms in total. The first-order chi connectivity index (χ1) is 5.57. The molecule has 0 aliphatic carbocycles. The van der Waals surface area contributed by atoms with E-state index in [1.54, 1.807) is 0 Å². The van der Waals surface area contributed by atoms with E-state index in [1.165, 1.54) is 0 Å². The monoisotopic (exact) mass is 173 g/mol. The minimum atomic E-state index is -0.623. The lowest BCUT2D eigenvalue weighted by molar-refractivity contribution is -0.125. The second-order valence-electron chi connectivity index (χ2n) is 2.58. The number of nitrogens with two attached hydrogens (primary N) is 2. The highest BCUT2D eigenvalue weighted by molar-refractivity contribution is 5.86. The molecule has 12 heavy (non-hydrogen) atoms. The van der Waals surface area contributed by atoms with Crippen molar-refractivity contribution in [3.8, 4) is 0 Å². The molecule has 0 aliphatic heterocycles. The van der Waals surface area contributed by atoms with Gasteiger partial charge >= 0.3 is 0 Å². The van der Waals surface area contributed by atoms with Crippen LogP contribution >= 0.6 is 0 Å². The summed E-state index contributed by atoms with van der Waals surface area (Å²) in [5.41, 5.74) is 9.93. The van der Waals surface area contributed by atoms with Crippen LogP contribution in [-0.2, 0) is 9.59 Å². The number of nitrogens with one attached hydrogen (secondary N) is 1. The van der Waals surface area contributed by atoms with Crippen molar-refractivity contribution >= 4 is 11.8 Å². The lowest BCUT2D eigenvalue weighted by atomic mass is 10.2. The number of hydrogen-bond donors (Lipinski definition) is 3.